The first kappa shape index (κ1) is 15.7. The van der Waals surface area contributed by atoms with Crippen molar-refractivity contribution < 1.29 is 17.9 Å². The van der Waals surface area contributed by atoms with Crippen LogP contribution in [0.4, 0.5) is 0 Å². The molecule has 11 heteroatoms. The number of amides is 1. The summed E-state index contributed by atoms with van der Waals surface area (Å²) in [4.78, 5) is 11.2. The highest BCUT2D eigenvalue weighted by Gasteiger charge is 2.40. The Kier molecular flexibility index (Phi) is 3.67. The van der Waals surface area contributed by atoms with E-state index in [1.807, 2.05) is 4.68 Å². The van der Waals surface area contributed by atoms with E-state index in [0.29, 0.717) is 19.6 Å². The maximum absolute atomic E-state index is 12.8. The van der Waals surface area contributed by atoms with Gasteiger partial charge >= 0.3 is 0 Å². The van der Waals surface area contributed by atoms with Crippen molar-refractivity contribution in [1.82, 2.24) is 19.3 Å². The van der Waals surface area contributed by atoms with Gasteiger partial charge < -0.3 is 10.5 Å². The predicted octanol–water partition coefficient (Wildman–Crippen LogP) is -0.0270. The Balaban J connectivity index is 1.57. The van der Waals surface area contributed by atoms with Crippen LogP contribution in [0.25, 0.3) is 0 Å². The van der Waals surface area contributed by atoms with Gasteiger partial charge in [-0.3, -0.25) is 4.79 Å². The molecular formula is C13H15N5O4S2. The van der Waals surface area contributed by atoms with Gasteiger partial charge in [0.25, 0.3) is 10.0 Å². The lowest BCUT2D eigenvalue weighted by molar-refractivity contribution is -0.0543. The van der Waals surface area contributed by atoms with Crippen molar-refractivity contribution in [2.45, 2.75) is 29.4 Å². The number of thiophene rings is 1. The molecule has 2 aliphatic heterocycles. The van der Waals surface area contributed by atoms with Crippen LogP contribution in [0.15, 0.2) is 21.9 Å². The number of ether oxygens (including phenoxy) is 1. The van der Waals surface area contributed by atoms with Crippen LogP contribution in [0, 0.1) is 0 Å². The van der Waals surface area contributed by atoms with Gasteiger partial charge in [0.15, 0.2) is 0 Å². The van der Waals surface area contributed by atoms with Crippen LogP contribution in [-0.4, -0.2) is 52.8 Å². The lowest BCUT2D eigenvalue weighted by Gasteiger charge is -2.40. The lowest BCUT2D eigenvalue weighted by atomic mass is 10.0. The summed E-state index contributed by atoms with van der Waals surface area (Å²) in [5, 5.41) is 9.43. The molecule has 0 saturated carbocycles. The number of primary amides is 1. The molecule has 2 N–H and O–H groups in total. The zero-order valence-electron chi connectivity index (χ0n) is 12.5. The van der Waals surface area contributed by atoms with Crippen LogP contribution in [0.2, 0.25) is 0 Å². The van der Waals surface area contributed by atoms with E-state index in [9.17, 15) is 13.2 Å². The first-order valence-electron chi connectivity index (χ1n) is 7.36. The first-order valence-corrected chi connectivity index (χ1v) is 9.68. The van der Waals surface area contributed by atoms with Crippen LogP contribution < -0.4 is 5.73 Å². The fourth-order valence-corrected chi connectivity index (χ4v) is 5.87. The normalized spacial score (nSPS) is 24.3. The van der Waals surface area contributed by atoms with Crippen LogP contribution in [0.1, 0.15) is 28.5 Å². The Morgan fingerprint density at radius 1 is 1.46 bits per heavy atom. The summed E-state index contributed by atoms with van der Waals surface area (Å²) in [5.41, 5.74) is 6.30. The number of hydrogen-bond donors (Lipinski definition) is 1. The van der Waals surface area contributed by atoms with Gasteiger partial charge in [0.1, 0.15) is 4.21 Å². The molecule has 2 aromatic rings. The summed E-state index contributed by atoms with van der Waals surface area (Å²) in [5.74, 6) is -0.638. The Morgan fingerprint density at radius 2 is 2.29 bits per heavy atom. The van der Waals surface area contributed by atoms with Crippen molar-refractivity contribution >= 4 is 27.3 Å². The summed E-state index contributed by atoms with van der Waals surface area (Å²) in [6.45, 7) is 0.971. The molecule has 0 spiro atoms. The third-order valence-electron chi connectivity index (χ3n) is 4.35. The van der Waals surface area contributed by atoms with E-state index in [-0.39, 0.29) is 28.5 Å². The molecule has 4 rings (SSSR count). The van der Waals surface area contributed by atoms with Gasteiger partial charge in [0.05, 0.1) is 36.2 Å². The minimum absolute atomic E-state index is 0.00721. The summed E-state index contributed by atoms with van der Waals surface area (Å²) >= 11 is 0.999. The number of carbonyl (C=O) groups is 1. The van der Waals surface area contributed by atoms with Crippen LogP contribution in [0.5, 0.6) is 0 Å². The standard InChI is InChI=1S/C13H15N5O4S2/c14-13(19)8-3-12(23-7-8)24(20,21)17-2-1-10-11(5-17)22-6-9-4-15-16-18(9)10/h3-4,7,10-11H,1-2,5-6H2,(H2,14,19)/t10-,11-/m0/s1. The quantitative estimate of drug-likeness (QED) is 0.811. The smallest absolute Gasteiger partial charge is 0.252 e. The maximum atomic E-state index is 12.8. The molecule has 0 radical (unpaired) electrons. The van der Waals surface area contributed by atoms with Crippen LogP contribution in [-0.2, 0) is 21.4 Å². The Labute approximate surface area is 142 Å². The number of sulfonamides is 1. The van der Waals surface area contributed by atoms with E-state index < -0.39 is 15.9 Å². The second-order valence-electron chi connectivity index (χ2n) is 5.76. The van der Waals surface area contributed by atoms with Gasteiger partial charge in [-0.15, -0.1) is 16.4 Å². The third kappa shape index (κ3) is 2.44. The number of fused-ring (bicyclic) bond motifs is 3. The van der Waals surface area contributed by atoms with Gasteiger partial charge in [0.2, 0.25) is 5.91 Å². The van der Waals surface area contributed by atoms with Gasteiger partial charge in [0, 0.05) is 18.5 Å². The number of nitrogens with zero attached hydrogens (tertiary/aromatic N) is 4. The second-order valence-corrected chi connectivity index (χ2v) is 8.83. The number of nitrogens with two attached hydrogens (primary N) is 1. The fourth-order valence-electron chi connectivity index (χ4n) is 3.09. The molecule has 1 fully saturated rings. The van der Waals surface area contributed by atoms with Crippen molar-refractivity contribution in [3.8, 4) is 0 Å². The molecule has 0 aliphatic carbocycles. The highest BCUT2D eigenvalue weighted by atomic mass is 32.2. The summed E-state index contributed by atoms with van der Waals surface area (Å²) < 4.78 is 34.7. The summed E-state index contributed by atoms with van der Waals surface area (Å²) in [6, 6.07) is 1.32. The number of aromatic nitrogens is 3. The van der Waals surface area contributed by atoms with Crippen molar-refractivity contribution in [3.05, 3.63) is 28.9 Å². The highest BCUT2D eigenvalue weighted by molar-refractivity contribution is 7.91. The lowest BCUT2D eigenvalue weighted by Crippen LogP contribution is -2.50. The zero-order valence-corrected chi connectivity index (χ0v) is 14.2. The van der Waals surface area contributed by atoms with Crippen molar-refractivity contribution in [2.75, 3.05) is 13.1 Å². The van der Waals surface area contributed by atoms with Crippen LogP contribution >= 0.6 is 11.3 Å². The molecule has 2 aromatic heterocycles. The number of rotatable bonds is 3. The van der Waals surface area contributed by atoms with Gasteiger partial charge in [-0.1, -0.05) is 5.21 Å². The van der Waals surface area contributed by atoms with E-state index in [4.69, 9.17) is 10.5 Å². The maximum Gasteiger partial charge on any atom is 0.252 e. The number of carbonyl (C=O) groups excluding carboxylic acids is 1. The van der Waals surface area contributed by atoms with E-state index in [0.717, 1.165) is 17.0 Å². The predicted molar refractivity (Wildman–Crippen MR) is 83.8 cm³/mol. The van der Waals surface area contributed by atoms with Crippen molar-refractivity contribution in [3.63, 3.8) is 0 Å². The molecule has 0 unspecified atom stereocenters. The minimum Gasteiger partial charge on any atom is -0.368 e. The molecule has 1 saturated heterocycles. The number of piperidine rings is 1. The van der Waals surface area contributed by atoms with Crippen molar-refractivity contribution in [2.24, 2.45) is 5.73 Å². The van der Waals surface area contributed by atoms with E-state index >= 15 is 0 Å². The molecule has 2 aliphatic rings. The second kappa shape index (κ2) is 5.62. The first-order chi connectivity index (χ1) is 11.5. The molecule has 128 valence electrons. The SMILES string of the molecule is NC(=O)c1csc(S(=O)(=O)N2CC[C@H]3[C@H](C2)OCc2cnnn23)c1. The van der Waals surface area contributed by atoms with Crippen LogP contribution in [0.3, 0.4) is 0 Å². The Morgan fingerprint density at radius 3 is 3.04 bits per heavy atom. The zero-order chi connectivity index (χ0) is 16.9. The molecule has 0 bridgehead atoms. The van der Waals surface area contributed by atoms with Gasteiger partial charge in [-0.2, -0.15) is 4.31 Å². The van der Waals surface area contributed by atoms with Crippen molar-refractivity contribution in [1.29, 1.82) is 0 Å². The van der Waals surface area contributed by atoms with E-state index in [2.05, 4.69) is 10.3 Å². The van der Waals surface area contributed by atoms with E-state index in [1.165, 1.54) is 15.8 Å². The average molecular weight is 369 g/mol. The summed E-state index contributed by atoms with van der Waals surface area (Å²) in [6.07, 6.45) is 1.99. The fraction of sp³-hybridized carbons (Fsp3) is 0.462. The highest BCUT2D eigenvalue weighted by Crippen LogP contribution is 2.33. The average Bonchev–Trinajstić information content (AvgIpc) is 3.23. The van der Waals surface area contributed by atoms with Gasteiger partial charge in [-0.25, -0.2) is 13.1 Å². The molecule has 24 heavy (non-hydrogen) atoms. The molecule has 2 atom stereocenters. The van der Waals surface area contributed by atoms with Gasteiger partial charge in [-0.05, 0) is 12.5 Å². The molecule has 9 nitrogen and oxygen atoms in total. The molecule has 4 heterocycles. The molecular weight excluding hydrogens is 354 g/mol. The summed E-state index contributed by atoms with van der Waals surface area (Å²) in [7, 11) is -3.67. The Hall–Kier alpha value is -1.82. The number of hydrogen-bond acceptors (Lipinski definition) is 7. The topological polar surface area (TPSA) is 120 Å². The minimum atomic E-state index is -3.67. The third-order valence-corrected chi connectivity index (χ3v) is 7.63. The monoisotopic (exact) mass is 369 g/mol. The van der Waals surface area contributed by atoms with E-state index in [1.54, 1.807) is 6.20 Å². The largest absolute Gasteiger partial charge is 0.368 e. The molecule has 0 aromatic carbocycles. The molecule has 1 amide bonds. The Bertz CT molecular complexity index is 890.